The van der Waals surface area contributed by atoms with Crippen molar-refractivity contribution in [1.29, 1.82) is 0 Å². The van der Waals surface area contributed by atoms with Crippen molar-refractivity contribution in [2.75, 3.05) is 0 Å². The maximum atomic E-state index is 13.2. The fourth-order valence-corrected chi connectivity index (χ4v) is 5.34. The molecule has 2 heterocycles. The number of rotatable bonds is 5. The second-order valence-electron chi connectivity index (χ2n) is 8.10. The molecule has 0 radical (unpaired) electrons. The predicted octanol–water partition coefficient (Wildman–Crippen LogP) is 7.54. The average molecular weight is 507 g/mol. The van der Waals surface area contributed by atoms with E-state index in [9.17, 15) is 9.59 Å². The number of nitrogens with zero attached hydrogens (tertiary/aromatic N) is 2. The van der Waals surface area contributed by atoms with Gasteiger partial charge in [-0.1, -0.05) is 77.8 Å². The van der Waals surface area contributed by atoms with Gasteiger partial charge >= 0.3 is 0 Å². The minimum absolute atomic E-state index is 0.146. The Morgan fingerprint density at radius 3 is 2.35 bits per heavy atom. The Hall–Kier alpha value is -2.99. The molecule has 1 fully saturated rings. The molecule has 3 aromatic carbocycles. The molecule has 0 saturated carbocycles. The number of hydrogen-bond acceptors (Lipinski definition) is 3. The molecule has 0 unspecified atom stereocenters. The van der Waals surface area contributed by atoms with Crippen molar-refractivity contribution >= 4 is 63.1 Å². The van der Waals surface area contributed by atoms with Gasteiger partial charge in [0.25, 0.3) is 11.1 Å². The monoisotopic (exact) mass is 506 g/mol. The largest absolute Gasteiger partial charge is 0.340 e. The quantitative estimate of drug-likeness (QED) is 0.262. The second kappa shape index (κ2) is 9.34. The molecule has 1 aliphatic heterocycles. The lowest BCUT2D eigenvalue weighted by atomic mass is 10.1. The van der Waals surface area contributed by atoms with E-state index in [1.807, 2.05) is 36.4 Å². The van der Waals surface area contributed by atoms with Crippen LogP contribution < -0.4 is 0 Å². The summed E-state index contributed by atoms with van der Waals surface area (Å²) >= 11 is 13.1. The Kier molecular flexibility index (Phi) is 6.26. The molecule has 0 atom stereocenters. The Morgan fingerprint density at radius 2 is 1.59 bits per heavy atom. The highest BCUT2D eigenvalue weighted by Crippen LogP contribution is 2.37. The molecule has 5 rings (SSSR count). The molecule has 0 bridgehead atoms. The van der Waals surface area contributed by atoms with E-state index >= 15 is 0 Å². The first-order chi connectivity index (χ1) is 16.4. The van der Waals surface area contributed by atoms with Crippen LogP contribution in [0.25, 0.3) is 17.0 Å². The van der Waals surface area contributed by atoms with Crippen LogP contribution in [0.5, 0.6) is 0 Å². The number of imide groups is 1. The summed E-state index contributed by atoms with van der Waals surface area (Å²) in [6.45, 7) is 2.92. The van der Waals surface area contributed by atoms with E-state index in [0.717, 1.165) is 46.0 Å². The number of thioether (sulfide) groups is 1. The standard InChI is InChI=1S/C27H20Cl2N2O2S/c1-17-21(20-9-5-6-10-24(20)30(17)15-18-7-3-2-4-8-18)14-25-26(32)31(27(33)34-25)16-19-11-12-22(28)23(29)13-19/h2-14H,15-16H2,1H3/b25-14-. The van der Waals surface area contributed by atoms with E-state index in [2.05, 4.69) is 35.8 Å². The minimum atomic E-state index is -0.305. The number of halogens is 2. The molecule has 170 valence electrons. The first-order valence-electron chi connectivity index (χ1n) is 10.7. The van der Waals surface area contributed by atoms with E-state index in [0.29, 0.717) is 15.0 Å². The summed E-state index contributed by atoms with van der Waals surface area (Å²) in [6.07, 6.45) is 1.85. The first kappa shape index (κ1) is 22.8. The summed E-state index contributed by atoms with van der Waals surface area (Å²) in [6, 6.07) is 23.5. The maximum Gasteiger partial charge on any atom is 0.293 e. The van der Waals surface area contributed by atoms with Crippen LogP contribution in [0.2, 0.25) is 10.0 Å². The Bertz CT molecular complexity index is 1460. The van der Waals surface area contributed by atoms with Gasteiger partial charge in [-0.15, -0.1) is 0 Å². The predicted molar refractivity (Wildman–Crippen MR) is 140 cm³/mol. The summed E-state index contributed by atoms with van der Waals surface area (Å²) in [4.78, 5) is 27.5. The summed E-state index contributed by atoms with van der Waals surface area (Å²) < 4.78 is 2.25. The molecule has 0 aliphatic carbocycles. The normalized spacial score (nSPS) is 15.1. The Balaban J connectivity index is 1.49. The highest BCUT2D eigenvalue weighted by Gasteiger charge is 2.35. The molecule has 4 nitrogen and oxygen atoms in total. The van der Waals surface area contributed by atoms with Crippen LogP contribution in [-0.4, -0.2) is 20.6 Å². The van der Waals surface area contributed by atoms with Crippen molar-refractivity contribution in [3.63, 3.8) is 0 Å². The van der Waals surface area contributed by atoms with Gasteiger partial charge in [0, 0.05) is 28.7 Å². The third-order valence-corrected chi connectivity index (χ3v) is 7.58. The number of para-hydroxylation sites is 1. The molecular weight excluding hydrogens is 487 g/mol. The van der Waals surface area contributed by atoms with Crippen LogP contribution in [0, 0.1) is 6.92 Å². The van der Waals surface area contributed by atoms with Gasteiger partial charge in [0.1, 0.15) is 0 Å². The number of carbonyl (C=O) groups is 2. The molecule has 1 saturated heterocycles. The van der Waals surface area contributed by atoms with E-state index < -0.39 is 0 Å². The third kappa shape index (κ3) is 4.27. The van der Waals surface area contributed by atoms with E-state index in [1.54, 1.807) is 18.2 Å². The summed E-state index contributed by atoms with van der Waals surface area (Å²) in [5.41, 5.74) is 5.02. The van der Waals surface area contributed by atoms with Crippen LogP contribution >= 0.6 is 35.0 Å². The van der Waals surface area contributed by atoms with Gasteiger partial charge in [-0.05, 0) is 54.1 Å². The van der Waals surface area contributed by atoms with Gasteiger partial charge in [0.05, 0.1) is 21.5 Å². The number of benzene rings is 3. The minimum Gasteiger partial charge on any atom is -0.340 e. The third-order valence-electron chi connectivity index (χ3n) is 5.94. The topological polar surface area (TPSA) is 42.3 Å². The van der Waals surface area contributed by atoms with E-state index in [1.165, 1.54) is 10.5 Å². The van der Waals surface area contributed by atoms with Crippen molar-refractivity contribution < 1.29 is 9.59 Å². The zero-order chi connectivity index (χ0) is 23.8. The van der Waals surface area contributed by atoms with Gasteiger partial charge in [-0.3, -0.25) is 14.5 Å². The molecule has 0 N–H and O–H groups in total. The van der Waals surface area contributed by atoms with Gasteiger partial charge in [0.2, 0.25) is 0 Å². The van der Waals surface area contributed by atoms with Crippen molar-refractivity contribution in [2.24, 2.45) is 0 Å². The number of amides is 2. The number of aromatic nitrogens is 1. The van der Waals surface area contributed by atoms with E-state index in [4.69, 9.17) is 23.2 Å². The summed E-state index contributed by atoms with van der Waals surface area (Å²) in [5, 5.41) is 1.57. The lowest BCUT2D eigenvalue weighted by Gasteiger charge is -2.13. The molecule has 1 aliphatic rings. The number of carbonyl (C=O) groups excluding carboxylic acids is 2. The highest BCUT2D eigenvalue weighted by atomic mass is 35.5. The molecular formula is C27H20Cl2N2O2S. The Morgan fingerprint density at radius 1 is 0.853 bits per heavy atom. The number of hydrogen-bond donors (Lipinski definition) is 0. The lowest BCUT2D eigenvalue weighted by molar-refractivity contribution is -0.123. The van der Waals surface area contributed by atoms with Gasteiger partial charge in [-0.2, -0.15) is 0 Å². The molecule has 2 amide bonds. The molecule has 1 aromatic heterocycles. The fourth-order valence-electron chi connectivity index (χ4n) is 4.20. The second-order valence-corrected chi connectivity index (χ2v) is 9.91. The van der Waals surface area contributed by atoms with Gasteiger partial charge < -0.3 is 4.57 Å². The van der Waals surface area contributed by atoms with Crippen LogP contribution in [0.1, 0.15) is 22.4 Å². The maximum absolute atomic E-state index is 13.2. The average Bonchev–Trinajstić information content (AvgIpc) is 3.25. The van der Waals surface area contributed by atoms with Crippen LogP contribution in [-0.2, 0) is 17.9 Å². The molecule has 0 spiro atoms. The fraction of sp³-hybridized carbons (Fsp3) is 0.111. The van der Waals surface area contributed by atoms with Gasteiger partial charge in [0.15, 0.2) is 0 Å². The van der Waals surface area contributed by atoms with Crippen LogP contribution in [0.3, 0.4) is 0 Å². The summed E-state index contributed by atoms with van der Waals surface area (Å²) in [7, 11) is 0. The lowest BCUT2D eigenvalue weighted by Crippen LogP contribution is -2.27. The Labute approximate surface area is 211 Å². The first-order valence-corrected chi connectivity index (χ1v) is 12.3. The van der Waals surface area contributed by atoms with Crippen molar-refractivity contribution in [2.45, 2.75) is 20.0 Å². The van der Waals surface area contributed by atoms with Crippen molar-refractivity contribution in [1.82, 2.24) is 9.47 Å². The highest BCUT2D eigenvalue weighted by molar-refractivity contribution is 8.18. The van der Waals surface area contributed by atoms with Gasteiger partial charge in [-0.25, -0.2) is 0 Å². The SMILES string of the molecule is Cc1c(/C=C2\SC(=O)N(Cc3ccc(Cl)c(Cl)c3)C2=O)c2ccccc2n1Cc1ccccc1. The number of fused-ring (bicyclic) bond motifs is 1. The zero-order valence-corrected chi connectivity index (χ0v) is 20.6. The molecule has 4 aromatic rings. The van der Waals surface area contributed by atoms with Crippen molar-refractivity contribution in [3.8, 4) is 0 Å². The molecule has 34 heavy (non-hydrogen) atoms. The van der Waals surface area contributed by atoms with Crippen LogP contribution in [0.15, 0.2) is 77.7 Å². The zero-order valence-electron chi connectivity index (χ0n) is 18.3. The summed E-state index contributed by atoms with van der Waals surface area (Å²) in [5.74, 6) is -0.305. The van der Waals surface area contributed by atoms with E-state index in [-0.39, 0.29) is 17.7 Å². The molecule has 7 heteroatoms. The van der Waals surface area contributed by atoms with Crippen molar-refractivity contribution in [3.05, 3.63) is 110 Å². The van der Waals surface area contributed by atoms with Crippen LogP contribution in [0.4, 0.5) is 4.79 Å². The smallest absolute Gasteiger partial charge is 0.293 e.